The maximum absolute atomic E-state index is 13.8. The van der Waals surface area contributed by atoms with Crippen molar-refractivity contribution in [2.24, 2.45) is 0 Å². The monoisotopic (exact) mass is 426 g/mol. The minimum atomic E-state index is -0.940. The third-order valence-electron chi connectivity index (χ3n) is 5.76. The first-order valence-electron chi connectivity index (χ1n) is 10.1. The molecule has 1 N–H and O–H groups in total. The number of benzene rings is 2. The number of thioether (sulfide) groups is 1. The van der Waals surface area contributed by atoms with Crippen LogP contribution in [0, 0.1) is 0 Å². The average molecular weight is 427 g/mol. The van der Waals surface area contributed by atoms with Crippen LogP contribution in [0.5, 0.6) is 11.5 Å². The van der Waals surface area contributed by atoms with Crippen LogP contribution in [-0.2, 0) is 9.59 Å². The molecule has 2 aliphatic heterocycles. The van der Waals surface area contributed by atoms with E-state index in [1.165, 1.54) is 11.8 Å². The molecule has 7 heteroatoms. The lowest BCUT2D eigenvalue weighted by Crippen LogP contribution is -2.48. The van der Waals surface area contributed by atoms with Crippen LogP contribution >= 0.6 is 11.8 Å². The van der Waals surface area contributed by atoms with Crippen molar-refractivity contribution >= 4 is 23.6 Å². The Hall–Kier alpha value is -2.67. The van der Waals surface area contributed by atoms with Crippen LogP contribution in [0.1, 0.15) is 30.9 Å². The summed E-state index contributed by atoms with van der Waals surface area (Å²) in [5.74, 6) is 1.42. The fourth-order valence-corrected chi connectivity index (χ4v) is 5.62. The van der Waals surface area contributed by atoms with Gasteiger partial charge in [-0.1, -0.05) is 12.1 Å². The summed E-state index contributed by atoms with van der Waals surface area (Å²) in [6.07, 6.45) is 2.16. The van der Waals surface area contributed by atoms with Gasteiger partial charge in [0.2, 0.25) is 11.8 Å². The molecule has 6 nitrogen and oxygen atoms in total. The summed E-state index contributed by atoms with van der Waals surface area (Å²) in [4.78, 5) is 29.3. The van der Waals surface area contributed by atoms with Crippen molar-refractivity contribution in [2.45, 2.75) is 34.9 Å². The molecule has 0 radical (unpaired) electrons. The lowest BCUT2D eigenvalue weighted by molar-refractivity contribution is -0.133. The van der Waals surface area contributed by atoms with Gasteiger partial charge < -0.3 is 19.7 Å². The summed E-state index contributed by atoms with van der Waals surface area (Å²) in [5.41, 5.74) is 0.898. The standard InChI is InChI=1S/C23H26N2O4S/c1-28-17-7-5-16(6-8-17)21-23(15-20(26)24-21,22(27)25-13-3-4-14-25)30-19-11-9-18(29-2)10-12-19/h5-12,21H,3-4,13-15H2,1-2H3,(H,24,26)/t21-,23-/m1/s1. The highest BCUT2D eigenvalue weighted by Gasteiger charge is 2.55. The second kappa shape index (κ2) is 8.60. The third kappa shape index (κ3) is 3.86. The van der Waals surface area contributed by atoms with Crippen molar-refractivity contribution in [1.29, 1.82) is 0 Å². The largest absolute Gasteiger partial charge is 0.497 e. The van der Waals surface area contributed by atoms with Crippen molar-refractivity contribution in [2.75, 3.05) is 27.3 Å². The maximum atomic E-state index is 13.8. The van der Waals surface area contributed by atoms with Gasteiger partial charge in [0.15, 0.2) is 0 Å². The smallest absolute Gasteiger partial charge is 0.242 e. The van der Waals surface area contributed by atoms with Gasteiger partial charge in [0.1, 0.15) is 16.2 Å². The fraction of sp³-hybridized carbons (Fsp3) is 0.391. The van der Waals surface area contributed by atoms with Gasteiger partial charge in [-0.25, -0.2) is 0 Å². The number of carbonyl (C=O) groups excluding carboxylic acids is 2. The van der Waals surface area contributed by atoms with Gasteiger partial charge in [0.05, 0.1) is 26.7 Å². The Morgan fingerprint density at radius 1 is 1.00 bits per heavy atom. The number of hydrogen-bond donors (Lipinski definition) is 1. The van der Waals surface area contributed by atoms with Gasteiger partial charge in [-0.05, 0) is 54.8 Å². The number of nitrogens with zero attached hydrogens (tertiary/aromatic N) is 1. The first-order chi connectivity index (χ1) is 14.6. The molecule has 2 aromatic carbocycles. The molecule has 0 aliphatic carbocycles. The predicted octanol–water partition coefficient (Wildman–Crippen LogP) is 3.42. The topological polar surface area (TPSA) is 67.9 Å². The Balaban J connectivity index is 1.74. The van der Waals surface area contributed by atoms with Gasteiger partial charge in [-0.3, -0.25) is 9.59 Å². The fourth-order valence-electron chi connectivity index (χ4n) is 4.20. The van der Waals surface area contributed by atoms with Gasteiger partial charge in [-0.15, -0.1) is 11.8 Å². The quantitative estimate of drug-likeness (QED) is 0.767. The Bertz CT molecular complexity index is 910. The summed E-state index contributed by atoms with van der Waals surface area (Å²) in [7, 11) is 3.24. The van der Waals surface area contributed by atoms with Crippen LogP contribution in [0.15, 0.2) is 53.4 Å². The summed E-state index contributed by atoms with van der Waals surface area (Å²) in [5, 5.41) is 3.07. The SMILES string of the molecule is COc1ccc(S[C@]2(C(=O)N3CCCC3)CC(=O)N[C@@H]2c2ccc(OC)cc2)cc1. The number of hydrogen-bond acceptors (Lipinski definition) is 5. The van der Waals surface area contributed by atoms with Gasteiger partial charge in [-0.2, -0.15) is 0 Å². The first-order valence-corrected chi connectivity index (χ1v) is 10.9. The van der Waals surface area contributed by atoms with E-state index in [0.717, 1.165) is 47.9 Å². The van der Waals surface area contributed by atoms with Crippen molar-refractivity contribution in [3.8, 4) is 11.5 Å². The Morgan fingerprint density at radius 3 is 2.13 bits per heavy atom. The molecule has 4 rings (SSSR count). The summed E-state index contributed by atoms with van der Waals surface area (Å²) >= 11 is 1.47. The highest BCUT2D eigenvalue weighted by Crippen LogP contribution is 2.50. The van der Waals surface area contributed by atoms with E-state index in [1.54, 1.807) is 14.2 Å². The predicted molar refractivity (Wildman–Crippen MR) is 116 cm³/mol. The maximum Gasteiger partial charge on any atom is 0.242 e. The number of ether oxygens (including phenoxy) is 2. The van der Waals surface area contributed by atoms with Crippen LogP contribution in [0.3, 0.4) is 0 Å². The molecule has 30 heavy (non-hydrogen) atoms. The van der Waals surface area contributed by atoms with Crippen molar-refractivity contribution in [1.82, 2.24) is 10.2 Å². The van der Waals surface area contributed by atoms with E-state index in [-0.39, 0.29) is 18.2 Å². The lowest BCUT2D eigenvalue weighted by Gasteiger charge is -2.36. The molecule has 0 saturated carbocycles. The van der Waals surface area contributed by atoms with E-state index < -0.39 is 10.8 Å². The molecule has 2 amide bonds. The molecule has 2 fully saturated rings. The number of nitrogens with one attached hydrogen (secondary N) is 1. The summed E-state index contributed by atoms with van der Waals surface area (Å²) < 4.78 is 9.59. The second-order valence-electron chi connectivity index (χ2n) is 7.62. The van der Waals surface area contributed by atoms with Gasteiger partial charge in [0.25, 0.3) is 0 Å². The molecule has 0 aromatic heterocycles. The average Bonchev–Trinajstić information content (AvgIpc) is 3.42. The molecule has 2 saturated heterocycles. The molecule has 2 atom stereocenters. The number of methoxy groups -OCH3 is 2. The molecular weight excluding hydrogens is 400 g/mol. The van der Waals surface area contributed by atoms with Crippen LogP contribution < -0.4 is 14.8 Å². The van der Waals surface area contributed by atoms with E-state index in [0.29, 0.717) is 0 Å². The summed E-state index contributed by atoms with van der Waals surface area (Å²) in [6, 6.07) is 14.8. The van der Waals surface area contributed by atoms with Crippen molar-refractivity contribution in [3.05, 3.63) is 54.1 Å². The van der Waals surface area contributed by atoms with Gasteiger partial charge >= 0.3 is 0 Å². The molecule has 2 aliphatic rings. The number of amides is 2. The number of rotatable bonds is 6. The Labute approximate surface area is 180 Å². The third-order valence-corrected chi connectivity index (χ3v) is 7.19. The zero-order valence-corrected chi connectivity index (χ0v) is 18.0. The van der Waals surface area contributed by atoms with Crippen molar-refractivity contribution in [3.63, 3.8) is 0 Å². The molecule has 0 bridgehead atoms. The lowest BCUT2D eigenvalue weighted by atomic mass is 9.91. The minimum Gasteiger partial charge on any atom is -0.497 e. The molecule has 0 unspecified atom stereocenters. The Kier molecular flexibility index (Phi) is 5.90. The summed E-state index contributed by atoms with van der Waals surface area (Å²) in [6.45, 7) is 1.49. The molecule has 2 heterocycles. The van der Waals surface area contributed by atoms with E-state index in [2.05, 4.69) is 5.32 Å². The molecule has 0 spiro atoms. The number of likely N-dealkylation sites (tertiary alicyclic amines) is 1. The highest BCUT2D eigenvalue weighted by atomic mass is 32.2. The zero-order valence-electron chi connectivity index (χ0n) is 17.2. The van der Waals surface area contributed by atoms with Crippen LogP contribution in [-0.4, -0.2) is 48.8 Å². The minimum absolute atomic E-state index is 0.0278. The van der Waals surface area contributed by atoms with E-state index in [4.69, 9.17) is 9.47 Å². The first kappa shape index (κ1) is 20.6. The van der Waals surface area contributed by atoms with E-state index in [9.17, 15) is 9.59 Å². The van der Waals surface area contributed by atoms with Crippen LogP contribution in [0.2, 0.25) is 0 Å². The van der Waals surface area contributed by atoms with E-state index >= 15 is 0 Å². The molecule has 2 aromatic rings. The van der Waals surface area contributed by atoms with E-state index in [1.807, 2.05) is 53.4 Å². The van der Waals surface area contributed by atoms with Crippen LogP contribution in [0.4, 0.5) is 0 Å². The van der Waals surface area contributed by atoms with Gasteiger partial charge in [0, 0.05) is 18.0 Å². The second-order valence-corrected chi connectivity index (χ2v) is 9.02. The normalized spacial score (nSPS) is 23.3. The van der Waals surface area contributed by atoms with Crippen molar-refractivity contribution < 1.29 is 19.1 Å². The zero-order chi connectivity index (χ0) is 21.1. The molecular formula is C23H26N2O4S. The molecule has 158 valence electrons. The van der Waals surface area contributed by atoms with Crippen LogP contribution in [0.25, 0.3) is 0 Å². The number of carbonyl (C=O) groups is 2. The Morgan fingerprint density at radius 2 is 1.57 bits per heavy atom. The highest BCUT2D eigenvalue weighted by molar-refractivity contribution is 8.01.